The molecule has 8 heteroatoms. The third-order valence-electron chi connectivity index (χ3n) is 3.25. The molecule has 0 atom stereocenters. The summed E-state index contributed by atoms with van der Waals surface area (Å²) in [7, 11) is 0. The van der Waals surface area contributed by atoms with E-state index in [1.165, 1.54) is 11.8 Å². The van der Waals surface area contributed by atoms with Crippen molar-refractivity contribution in [1.29, 1.82) is 0 Å². The average molecular weight is 359 g/mol. The van der Waals surface area contributed by atoms with E-state index in [-0.39, 0.29) is 6.54 Å². The maximum absolute atomic E-state index is 12.2. The topological polar surface area (TPSA) is 94.3 Å². The van der Waals surface area contributed by atoms with Crippen molar-refractivity contribution in [2.75, 3.05) is 13.2 Å². The van der Waals surface area contributed by atoms with Crippen LogP contribution in [-0.4, -0.2) is 35.2 Å². The summed E-state index contributed by atoms with van der Waals surface area (Å²) in [4.78, 5) is 27.9. The molecule has 25 heavy (non-hydrogen) atoms. The minimum Gasteiger partial charge on any atom is -0.452 e. The van der Waals surface area contributed by atoms with Crippen LogP contribution in [0.2, 0.25) is 0 Å². The molecule has 0 aliphatic heterocycles. The summed E-state index contributed by atoms with van der Waals surface area (Å²) in [5, 5.41) is 6.83. The number of ether oxygens (including phenoxy) is 1. The van der Waals surface area contributed by atoms with E-state index in [0.29, 0.717) is 16.3 Å². The second-order valence-electron chi connectivity index (χ2n) is 5.00. The highest BCUT2D eigenvalue weighted by molar-refractivity contribution is 7.98. The molecule has 1 N–H and O–H groups in total. The molecule has 0 fully saturated rings. The Morgan fingerprint density at radius 1 is 1.44 bits per heavy atom. The van der Waals surface area contributed by atoms with Crippen LogP contribution in [0.1, 0.15) is 27.4 Å². The van der Waals surface area contributed by atoms with E-state index in [0.717, 1.165) is 17.0 Å². The van der Waals surface area contributed by atoms with Gasteiger partial charge in [-0.3, -0.25) is 4.79 Å². The van der Waals surface area contributed by atoms with Crippen LogP contribution in [-0.2, 0) is 15.3 Å². The zero-order valence-corrected chi connectivity index (χ0v) is 14.7. The van der Waals surface area contributed by atoms with Crippen LogP contribution in [0.3, 0.4) is 0 Å². The minimum atomic E-state index is -0.620. The van der Waals surface area contributed by atoms with Gasteiger partial charge in [0.15, 0.2) is 6.61 Å². The number of nitrogens with zero attached hydrogens (tertiary/aromatic N) is 2. The van der Waals surface area contributed by atoms with Crippen molar-refractivity contribution in [2.24, 2.45) is 0 Å². The van der Waals surface area contributed by atoms with Crippen molar-refractivity contribution < 1.29 is 18.8 Å². The highest BCUT2D eigenvalue weighted by Gasteiger charge is 2.17. The number of hydrogen-bond donors (Lipinski definition) is 1. The number of nitrogens with one attached hydrogen (secondary N) is 1. The van der Waals surface area contributed by atoms with E-state index in [2.05, 4.69) is 21.4 Å². The predicted molar refractivity (Wildman–Crippen MR) is 91.9 cm³/mol. The van der Waals surface area contributed by atoms with Gasteiger partial charge in [0, 0.05) is 17.5 Å². The Balaban J connectivity index is 2.01. The van der Waals surface area contributed by atoms with Gasteiger partial charge in [0.25, 0.3) is 5.91 Å². The summed E-state index contributed by atoms with van der Waals surface area (Å²) in [5.41, 5.74) is 2.06. The summed E-state index contributed by atoms with van der Waals surface area (Å²) < 4.78 is 10.1. The zero-order chi connectivity index (χ0) is 18.2. The minimum absolute atomic E-state index is 0.0851. The van der Waals surface area contributed by atoms with E-state index in [1.807, 2.05) is 13.8 Å². The van der Waals surface area contributed by atoms with Crippen molar-refractivity contribution in [3.63, 3.8) is 0 Å². The number of aromatic nitrogens is 2. The molecule has 0 saturated heterocycles. The molecule has 7 nitrogen and oxygen atoms in total. The van der Waals surface area contributed by atoms with Crippen molar-refractivity contribution in [1.82, 2.24) is 15.5 Å². The number of esters is 1. The molecule has 0 saturated carbocycles. The van der Waals surface area contributed by atoms with E-state index in [9.17, 15) is 9.59 Å². The first kappa shape index (κ1) is 18.5. The quantitative estimate of drug-likeness (QED) is 0.458. The van der Waals surface area contributed by atoms with E-state index in [1.54, 1.807) is 18.3 Å². The zero-order valence-electron chi connectivity index (χ0n) is 13.9. The van der Waals surface area contributed by atoms with Gasteiger partial charge in [0.2, 0.25) is 0 Å². The van der Waals surface area contributed by atoms with Gasteiger partial charge in [-0.25, -0.2) is 9.78 Å². The Hall–Kier alpha value is -2.79. The molecule has 0 aromatic carbocycles. The Morgan fingerprint density at radius 2 is 2.24 bits per heavy atom. The monoisotopic (exact) mass is 359 g/mol. The van der Waals surface area contributed by atoms with Gasteiger partial charge < -0.3 is 14.6 Å². The molecule has 0 aliphatic carbocycles. The Bertz CT molecular complexity index is 791. The molecule has 2 rings (SSSR count). The number of rotatable bonds is 7. The molecule has 2 aromatic rings. The Kier molecular flexibility index (Phi) is 6.60. The number of hydrogen-bond acceptors (Lipinski definition) is 7. The molecule has 0 bridgehead atoms. The van der Waals surface area contributed by atoms with Gasteiger partial charge in [0.1, 0.15) is 10.8 Å². The molecule has 0 aliphatic rings. The number of aryl methyl sites for hydroxylation is 2. The number of pyridine rings is 1. The highest BCUT2D eigenvalue weighted by atomic mass is 32.2. The van der Waals surface area contributed by atoms with Crippen LogP contribution >= 0.6 is 11.8 Å². The lowest BCUT2D eigenvalue weighted by atomic mass is 10.2. The van der Waals surface area contributed by atoms with Crippen molar-refractivity contribution >= 4 is 23.6 Å². The summed E-state index contributed by atoms with van der Waals surface area (Å²) in [6.07, 6.45) is 6.63. The Labute approximate surface area is 149 Å². The van der Waals surface area contributed by atoms with Crippen LogP contribution < -0.4 is 5.32 Å². The van der Waals surface area contributed by atoms with Gasteiger partial charge in [0.05, 0.1) is 17.8 Å². The average Bonchev–Trinajstić information content (AvgIpc) is 2.94. The van der Waals surface area contributed by atoms with Crippen LogP contribution in [0.5, 0.6) is 0 Å². The first-order chi connectivity index (χ1) is 12.0. The van der Waals surface area contributed by atoms with Gasteiger partial charge >= 0.3 is 5.97 Å². The van der Waals surface area contributed by atoms with Gasteiger partial charge in [-0.2, -0.15) is 0 Å². The maximum atomic E-state index is 12.2. The maximum Gasteiger partial charge on any atom is 0.341 e. The van der Waals surface area contributed by atoms with Crippen LogP contribution in [0.4, 0.5) is 0 Å². The third-order valence-corrected chi connectivity index (χ3v) is 4.28. The van der Waals surface area contributed by atoms with Crippen molar-refractivity contribution in [2.45, 2.75) is 24.6 Å². The summed E-state index contributed by atoms with van der Waals surface area (Å²) in [6.45, 7) is 3.37. The molecule has 130 valence electrons. The normalized spacial score (nSPS) is 10.1. The van der Waals surface area contributed by atoms with E-state index < -0.39 is 18.5 Å². The van der Waals surface area contributed by atoms with Gasteiger partial charge in [-0.1, -0.05) is 11.1 Å². The second kappa shape index (κ2) is 8.89. The number of thioether (sulfide) groups is 1. The van der Waals surface area contributed by atoms with Crippen molar-refractivity contribution in [3.8, 4) is 12.3 Å². The highest BCUT2D eigenvalue weighted by Crippen LogP contribution is 2.27. The molecule has 1 amide bonds. The van der Waals surface area contributed by atoms with Gasteiger partial charge in [-0.15, -0.1) is 18.2 Å². The summed E-state index contributed by atoms with van der Waals surface area (Å²) >= 11 is 1.37. The standard InChI is InChI=1S/C17H17N3O4S/c1-4-7-18-15(21)9-23-17(22)13-6-5-8-19-16(13)25-10-14-11(2)20-24-12(14)3/h1,5-6,8H,7,9-10H2,2-3H3,(H,18,21). The van der Waals surface area contributed by atoms with E-state index in [4.69, 9.17) is 15.7 Å². The molecular weight excluding hydrogens is 342 g/mol. The molecule has 0 unspecified atom stereocenters. The lowest BCUT2D eigenvalue weighted by molar-refractivity contribution is -0.123. The fourth-order valence-electron chi connectivity index (χ4n) is 1.92. The molecule has 0 radical (unpaired) electrons. The predicted octanol–water partition coefficient (Wildman–Crippen LogP) is 1.88. The number of carbonyl (C=O) groups is 2. The van der Waals surface area contributed by atoms with Crippen LogP contribution in [0, 0.1) is 26.2 Å². The molecular formula is C17H17N3O4S. The molecule has 2 heterocycles. The fraction of sp³-hybridized carbons (Fsp3) is 0.294. The lowest BCUT2D eigenvalue weighted by Crippen LogP contribution is -2.29. The smallest absolute Gasteiger partial charge is 0.341 e. The first-order valence-electron chi connectivity index (χ1n) is 7.39. The first-order valence-corrected chi connectivity index (χ1v) is 8.38. The summed E-state index contributed by atoms with van der Waals surface area (Å²) in [6, 6.07) is 3.24. The van der Waals surface area contributed by atoms with Crippen molar-refractivity contribution in [3.05, 3.63) is 40.9 Å². The largest absolute Gasteiger partial charge is 0.452 e. The molecule has 2 aromatic heterocycles. The summed E-state index contributed by atoms with van der Waals surface area (Å²) in [5.74, 6) is 2.48. The number of terminal acetylenes is 1. The lowest BCUT2D eigenvalue weighted by Gasteiger charge is -2.08. The fourth-order valence-corrected chi connectivity index (χ4v) is 3.05. The van der Waals surface area contributed by atoms with Crippen LogP contribution in [0.15, 0.2) is 27.9 Å². The molecule has 0 spiro atoms. The SMILES string of the molecule is C#CCNC(=O)COC(=O)c1cccnc1SCc1c(C)noc1C. The van der Waals surface area contributed by atoms with Crippen LogP contribution in [0.25, 0.3) is 0 Å². The van der Waals surface area contributed by atoms with E-state index >= 15 is 0 Å². The Morgan fingerprint density at radius 3 is 2.92 bits per heavy atom. The number of carbonyl (C=O) groups excluding carboxylic acids is 2. The van der Waals surface area contributed by atoms with Gasteiger partial charge in [-0.05, 0) is 26.0 Å². The second-order valence-corrected chi connectivity index (χ2v) is 5.97. The third kappa shape index (κ3) is 5.09. The number of amides is 1.